The van der Waals surface area contributed by atoms with E-state index in [2.05, 4.69) is 9.97 Å². The van der Waals surface area contributed by atoms with Gasteiger partial charge in [0.05, 0.1) is 0 Å². The Morgan fingerprint density at radius 3 is 2.48 bits per heavy atom. The van der Waals surface area contributed by atoms with Gasteiger partial charge in [0.2, 0.25) is 10.0 Å². The first-order valence-electron chi connectivity index (χ1n) is 7.99. The maximum atomic E-state index is 12.5. The van der Waals surface area contributed by atoms with Gasteiger partial charge in [-0.3, -0.25) is 0 Å². The van der Waals surface area contributed by atoms with Gasteiger partial charge >= 0.3 is 0 Å². The summed E-state index contributed by atoms with van der Waals surface area (Å²) in [5.41, 5.74) is 0.849. The van der Waals surface area contributed by atoms with Crippen LogP contribution in [0.2, 0.25) is 0 Å². The van der Waals surface area contributed by atoms with Crippen molar-refractivity contribution in [2.75, 3.05) is 31.1 Å². The van der Waals surface area contributed by atoms with Crippen molar-refractivity contribution in [1.29, 1.82) is 0 Å². The summed E-state index contributed by atoms with van der Waals surface area (Å²) in [7, 11) is -3.45. The molecule has 1 aromatic carbocycles. The zero-order valence-corrected chi connectivity index (χ0v) is 14.5. The maximum Gasteiger partial charge on any atom is 0.236 e. The van der Waals surface area contributed by atoms with Crippen LogP contribution in [0.15, 0.2) is 48.0 Å². The van der Waals surface area contributed by atoms with Crippen LogP contribution in [0, 0.1) is 0 Å². The number of sulfonamides is 1. The molecule has 0 amide bonds. The lowest BCUT2D eigenvalue weighted by atomic mass is 10.2. The number of aliphatic hydroxyl groups excluding tert-OH is 1. The number of nitrogens with zero attached hydrogens (tertiary/aromatic N) is 4. The molecule has 2 aromatic rings. The molecule has 0 unspecified atom stereocenters. The molecule has 132 valence electrons. The highest BCUT2D eigenvalue weighted by molar-refractivity contribution is 7.92. The van der Waals surface area contributed by atoms with Gasteiger partial charge in [-0.25, -0.2) is 18.4 Å². The van der Waals surface area contributed by atoms with Crippen molar-refractivity contribution in [3.8, 4) is 0 Å². The van der Waals surface area contributed by atoms with E-state index in [1.54, 1.807) is 18.3 Å². The minimum atomic E-state index is -3.45. The number of anilines is 1. The molecular formula is C17H20N4O3S. The van der Waals surface area contributed by atoms with Crippen LogP contribution >= 0.6 is 0 Å². The lowest BCUT2D eigenvalue weighted by Crippen LogP contribution is -2.48. The van der Waals surface area contributed by atoms with Gasteiger partial charge in [0.1, 0.15) is 12.4 Å². The molecule has 1 fully saturated rings. The summed E-state index contributed by atoms with van der Waals surface area (Å²) in [4.78, 5) is 10.2. The zero-order valence-electron chi connectivity index (χ0n) is 13.7. The van der Waals surface area contributed by atoms with Crippen molar-refractivity contribution in [2.45, 2.75) is 6.61 Å². The largest absolute Gasteiger partial charge is 0.388 e. The molecule has 8 heteroatoms. The van der Waals surface area contributed by atoms with E-state index in [1.807, 2.05) is 35.2 Å². The number of hydrogen-bond donors (Lipinski definition) is 1. The Morgan fingerprint density at radius 1 is 1.08 bits per heavy atom. The van der Waals surface area contributed by atoms with E-state index in [9.17, 15) is 8.42 Å². The predicted molar refractivity (Wildman–Crippen MR) is 96.1 cm³/mol. The van der Waals surface area contributed by atoms with E-state index < -0.39 is 10.0 Å². The molecule has 0 radical (unpaired) electrons. The first kappa shape index (κ1) is 17.5. The van der Waals surface area contributed by atoms with Crippen molar-refractivity contribution >= 4 is 21.9 Å². The Balaban J connectivity index is 1.64. The van der Waals surface area contributed by atoms with E-state index in [4.69, 9.17) is 5.11 Å². The molecule has 0 saturated carbocycles. The molecule has 3 rings (SSSR count). The van der Waals surface area contributed by atoms with Crippen molar-refractivity contribution in [3.05, 3.63) is 59.4 Å². The molecular weight excluding hydrogens is 340 g/mol. The Kier molecular flexibility index (Phi) is 5.42. The smallest absolute Gasteiger partial charge is 0.236 e. The number of aromatic nitrogens is 2. The number of hydrogen-bond acceptors (Lipinski definition) is 6. The Bertz CT molecular complexity index is 832. The summed E-state index contributed by atoms with van der Waals surface area (Å²) in [6, 6.07) is 11.1. The third-order valence-electron chi connectivity index (χ3n) is 3.99. The average molecular weight is 360 g/mol. The second-order valence-electron chi connectivity index (χ2n) is 5.63. The highest BCUT2D eigenvalue weighted by Crippen LogP contribution is 2.16. The van der Waals surface area contributed by atoms with Crippen LogP contribution in [0.4, 0.5) is 5.82 Å². The molecule has 25 heavy (non-hydrogen) atoms. The van der Waals surface area contributed by atoms with Crippen molar-refractivity contribution in [1.82, 2.24) is 14.3 Å². The van der Waals surface area contributed by atoms with Gasteiger partial charge in [-0.05, 0) is 17.7 Å². The fourth-order valence-corrected chi connectivity index (χ4v) is 3.80. The second-order valence-corrected chi connectivity index (χ2v) is 7.45. The standard InChI is InChI=1S/C17H20N4O3S/c22-14-16-18-8-6-17(19-16)20-9-11-21(12-10-20)25(23,24)13-7-15-4-2-1-3-5-15/h1-8,13,22H,9-12,14H2/b13-7+. The third kappa shape index (κ3) is 4.41. The highest BCUT2D eigenvalue weighted by Gasteiger charge is 2.25. The summed E-state index contributed by atoms with van der Waals surface area (Å²) in [6.45, 7) is 1.65. The topological polar surface area (TPSA) is 86.6 Å². The van der Waals surface area contributed by atoms with E-state index >= 15 is 0 Å². The fraction of sp³-hybridized carbons (Fsp3) is 0.294. The predicted octanol–water partition coefficient (Wildman–Crippen LogP) is 1.09. The SMILES string of the molecule is O=S(=O)(/C=C/c1ccccc1)N1CCN(c2ccnc(CO)n2)CC1. The summed E-state index contributed by atoms with van der Waals surface area (Å²) >= 11 is 0. The van der Waals surface area contributed by atoms with Gasteiger partial charge in [0.15, 0.2) is 5.82 Å². The summed E-state index contributed by atoms with van der Waals surface area (Å²) < 4.78 is 26.4. The number of benzene rings is 1. The second kappa shape index (κ2) is 7.73. The quantitative estimate of drug-likeness (QED) is 0.859. The number of rotatable bonds is 5. The molecule has 1 aromatic heterocycles. The first-order valence-corrected chi connectivity index (χ1v) is 9.50. The van der Waals surface area contributed by atoms with E-state index in [0.717, 1.165) is 5.56 Å². The monoisotopic (exact) mass is 360 g/mol. The molecule has 1 saturated heterocycles. The van der Waals surface area contributed by atoms with Gasteiger partial charge in [0, 0.05) is 37.8 Å². The van der Waals surface area contributed by atoms with Crippen LogP contribution in [0.25, 0.3) is 6.08 Å². The lowest BCUT2D eigenvalue weighted by molar-refractivity contribution is 0.271. The maximum absolute atomic E-state index is 12.5. The van der Waals surface area contributed by atoms with E-state index in [-0.39, 0.29) is 6.61 Å². The Hall–Kier alpha value is -2.29. The molecule has 7 nitrogen and oxygen atoms in total. The third-order valence-corrected chi connectivity index (χ3v) is 5.55. The summed E-state index contributed by atoms with van der Waals surface area (Å²) in [5.74, 6) is 1.06. The molecule has 2 heterocycles. The number of aliphatic hydroxyl groups is 1. The number of piperazine rings is 1. The van der Waals surface area contributed by atoms with Crippen LogP contribution in [0.3, 0.4) is 0 Å². The van der Waals surface area contributed by atoms with E-state index in [0.29, 0.717) is 37.8 Å². The van der Waals surface area contributed by atoms with Crippen molar-refractivity contribution < 1.29 is 13.5 Å². The molecule has 1 aliphatic heterocycles. The minimum Gasteiger partial charge on any atom is -0.388 e. The van der Waals surface area contributed by atoms with Crippen LogP contribution in [0.1, 0.15) is 11.4 Å². The van der Waals surface area contributed by atoms with Crippen LogP contribution in [-0.2, 0) is 16.6 Å². The summed E-state index contributed by atoms with van der Waals surface area (Å²) in [5, 5.41) is 10.4. The van der Waals surface area contributed by atoms with Gasteiger partial charge in [-0.1, -0.05) is 30.3 Å². The molecule has 0 aliphatic carbocycles. The van der Waals surface area contributed by atoms with Crippen molar-refractivity contribution in [2.24, 2.45) is 0 Å². The normalized spacial score (nSPS) is 16.4. The molecule has 1 aliphatic rings. The lowest BCUT2D eigenvalue weighted by Gasteiger charge is -2.34. The zero-order chi connectivity index (χ0) is 17.7. The molecule has 0 atom stereocenters. The van der Waals surface area contributed by atoms with Gasteiger partial charge in [-0.15, -0.1) is 0 Å². The van der Waals surface area contributed by atoms with Gasteiger partial charge in [-0.2, -0.15) is 4.31 Å². The van der Waals surface area contributed by atoms with Crippen LogP contribution < -0.4 is 4.90 Å². The van der Waals surface area contributed by atoms with Gasteiger partial charge < -0.3 is 10.0 Å². The Morgan fingerprint density at radius 2 is 1.80 bits per heavy atom. The van der Waals surface area contributed by atoms with E-state index in [1.165, 1.54) is 9.71 Å². The molecule has 1 N–H and O–H groups in total. The van der Waals surface area contributed by atoms with Crippen LogP contribution in [0.5, 0.6) is 0 Å². The summed E-state index contributed by atoms with van der Waals surface area (Å²) in [6.07, 6.45) is 3.21. The Labute approximate surface area is 147 Å². The van der Waals surface area contributed by atoms with Crippen LogP contribution in [-0.4, -0.2) is 54.0 Å². The van der Waals surface area contributed by atoms with Crippen molar-refractivity contribution in [3.63, 3.8) is 0 Å². The minimum absolute atomic E-state index is 0.216. The molecule has 0 spiro atoms. The molecule has 0 bridgehead atoms. The first-order chi connectivity index (χ1) is 12.1. The fourth-order valence-electron chi connectivity index (χ4n) is 2.63. The average Bonchev–Trinajstić information content (AvgIpc) is 2.67. The van der Waals surface area contributed by atoms with Gasteiger partial charge in [0.25, 0.3) is 0 Å². The highest BCUT2D eigenvalue weighted by atomic mass is 32.2.